The van der Waals surface area contributed by atoms with Gasteiger partial charge < -0.3 is 15.2 Å². The van der Waals surface area contributed by atoms with Crippen LogP contribution < -0.4 is 10.1 Å². The number of phenolic OH excluding ortho intramolecular Hbond substituents is 1. The van der Waals surface area contributed by atoms with E-state index in [0.29, 0.717) is 22.4 Å². The van der Waals surface area contributed by atoms with Crippen LogP contribution in [0.3, 0.4) is 0 Å². The predicted molar refractivity (Wildman–Crippen MR) is 104 cm³/mol. The van der Waals surface area contributed by atoms with Crippen LogP contribution in [-0.4, -0.2) is 22.8 Å². The fraction of sp³-hybridized carbons (Fsp3) is 0.111. The Kier molecular flexibility index (Phi) is 5.45. The lowest BCUT2D eigenvalue weighted by atomic mass is 10.2. The van der Waals surface area contributed by atoms with Gasteiger partial charge >= 0.3 is 0 Å². The van der Waals surface area contributed by atoms with Crippen molar-refractivity contribution in [3.8, 4) is 11.5 Å². The number of halogens is 1. The number of hydrogen-bond acceptors (Lipinski definition) is 5. The third-order valence-corrected chi connectivity index (χ3v) is 4.89. The van der Waals surface area contributed by atoms with Gasteiger partial charge in [-0.1, -0.05) is 18.2 Å². The monoisotopic (exact) mass is 418 g/mol. The largest absolute Gasteiger partial charge is 0.504 e. The van der Waals surface area contributed by atoms with Crippen LogP contribution in [0.25, 0.3) is 6.08 Å². The SMILES string of the molecule is CCOc1cc(C=C2SC(=Nc3ccccc3Br)NC2=O)ccc1O. The third kappa shape index (κ3) is 4.24. The molecule has 0 radical (unpaired) electrons. The zero-order valence-electron chi connectivity index (χ0n) is 13.3. The second-order valence-corrected chi connectivity index (χ2v) is 6.98. The van der Waals surface area contributed by atoms with Gasteiger partial charge in [-0.05, 0) is 70.5 Å². The maximum absolute atomic E-state index is 12.2. The molecule has 2 N–H and O–H groups in total. The first-order valence-corrected chi connectivity index (χ1v) is 9.17. The minimum atomic E-state index is -0.207. The number of para-hydroxylation sites is 1. The molecule has 3 rings (SSSR count). The summed E-state index contributed by atoms with van der Waals surface area (Å²) in [5.41, 5.74) is 1.51. The molecule has 1 heterocycles. The maximum atomic E-state index is 12.2. The summed E-state index contributed by atoms with van der Waals surface area (Å²) < 4.78 is 6.22. The summed E-state index contributed by atoms with van der Waals surface area (Å²) in [7, 11) is 0. The van der Waals surface area contributed by atoms with Crippen molar-refractivity contribution in [2.75, 3.05) is 6.61 Å². The first-order valence-electron chi connectivity index (χ1n) is 7.56. The highest BCUT2D eigenvalue weighted by Gasteiger charge is 2.24. The molecule has 0 saturated carbocycles. The van der Waals surface area contributed by atoms with E-state index in [1.54, 1.807) is 24.3 Å². The number of nitrogens with one attached hydrogen (secondary N) is 1. The van der Waals surface area contributed by atoms with Crippen molar-refractivity contribution in [1.29, 1.82) is 0 Å². The molecule has 0 bridgehead atoms. The first kappa shape index (κ1) is 17.6. The molecule has 0 spiro atoms. The van der Waals surface area contributed by atoms with Crippen LogP contribution in [0.5, 0.6) is 11.5 Å². The number of phenols is 1. The maximum Gasteiger partial charge on any atom is 0.264 e. The highest BCUT2D eigenvalue weighted by molar-refractivity contribution is 9.10. The average molecular weight is 419 g/mol. The first-order chi connectivity index (χ1) is 12.1. The van der Waals surface area contributed by atoms with E-state index in [1.807, 2.05) is 31.2 Å². The van der Waals surface area contributed by atoms with Crippen molar-refractivity contribution in [2.24, 2.45) is 4.99 Å². The predicted octanol–water partition coefficient (Wildman–Crippen LogP) is 4.45. The number of amidine groups is 1. The van der Waals surface area contributed by atoms with Gasteiger partial charge in [-0.25, -0.2) is 4.99 Å². The minimum absolute atomic E-state index is 0.0729. The Bertz CT molecular complexity index is 880. The molecule has 128 valence electrons. The molecule has 7 heteroatoms. The van der Waals surface area contributed by atoms with Gasteiger partial charge in [0.25, 0.3) is 5.91 Å². The Balaban J connectivity index is 1.84. The van der Waals surface area contributed by atoms with Crippen LogP contribution in [-0.2, 0) is 4.79 Å². The van der Waals surface area contributed by atoms with Gasteiger partial charge in [0.15, 0.2) is 16.7 Å². The summed E-state index contributed by atoms with van der Waals surface area (Å²) in [5, 5.41) is 13.0. The van der Waals surface area contributed by atoms with E-state index >= 15 is 0 Å². The molecule has 0 aromatic heterocycles. The third-order valence-electron chi connectivity index (χ3n) is 3.31. The number of benzene rings is 2. The number of nitrogens with zero attached hydrogens (tertiary/aromatic N) is 1. The molecule has 2 aromatic carbocycles. The van der Waals surface area contributed by atoms with Gasteiger partial charge in [-0.2, -0.15) is 0 Å². The molecular weight excluding hydrogens is 404 g/mol. The number of ether oxygens (including phenoxy) is 1. The van der Waals surface area contributed by atoms with Crippen molar-refractivity contribution < 1.29 is 14.6 Å². The minimum Gasteiger partial charge on any atom is -0.504 e. The Morgan fingerprint density at radius 2 is 2.12 bits per heavy atom. The standard InChI is InChI=1S/C18H15BrN2O3S/c1-2-24-15-9-11(7-8-14(15)22)10-16-17(23)21-18(25-16)20-13-6-4-3-5-12(13)19/h3-10,22H,2H2,1H3,(H,20,21,23). The molecule has 1 amide bonds. The fourth-order valence-electron chi connectivity index (χ4n) is 2.18. The Hall–Kier alpha value is -2.25. The van der Waals surface area contributed by atoms with Crippen LogP contribution in [0, 0.1) is 0 Å². The van der Waals surface area contributed by atoms with Gasteiger partial charge in [0.1, 0.15) is 0 Å². The highest BCUT2D eigenvalue weighted by Crippen LogP contribution is 2.32. The molecule has 0 unspecified atom stereocenters. The topological polar surface area (TPSA) is 70.9 Å². The number of carbonyl (C=O) groups excluding carboxylic acids is 1. The molecule has 1 fully saturated rings. The van der Waals surface area contributed by atoms with E-state index in [0.717, 1.165) is 15.7 Å². The summed E-state index contributed by atoms with van der Waals surface area (Å²) in [6, 6.07) is 12.5. The van der Waals surface area contributed by atoms with Crippen LogP contribution in [0.15, 0.2) is 56.8 Å². The van der Waals surface area contributed by atoms with Crippen LogP contribution in [0.4, 0.5) is 5.69 Å². The van der Waals surface area contributed by atoms with Gasteiger partial charge in [-0.15, -0.1) is 0 Å². The molecule has 25 heavy (non-hydrogen) atoms. The summed E-state index contributed by atoms with van der Waals surface area (Å²) >= 11 is 4.70. The lowest BCUT2D eigenvalue weighted by molar-refractivity contribution is -0.115. The van der Waals surface area contributed by atoms with Crippen LogP contribution in [0.2, 0.25) is 0 Å². The van der Waals surface area contributed by atoms with Crippen LogP contribution >= 0.6 is 27.7 Å². The summed E-state index contributed by atoms with van der Waals surface area (Å²) in [4.78, 5) is 17.2. The summed E-state index contributed by atoms with van der Waals surface area (Å²) in [5.74, 6) is 0.257. The Labute approximate surface area is 157 Å². The Morgan fingerprint density at radius 3 is 2.88 bits per heavy atom. The molecule has 1 aliphatic rings. The number of hydrogen-bond donors (Lipinski definition) is 2. The van der Waals surface area contributed by atoms with Crippen molar-refractivity contribution in [1.82, 2.24) is 5.32 Å². The zero-order chi connectivity index (χ0) is 17.8. The smallest absolute Gasteiger partial charge is 0.264 e. The van der Waals surface area contributed by atoms with Gasteiger partial charge in [0.05, 0.1) is 17.2 Å². The summed E-state index contributed by atoms with van der Waals surface area (Å²) in [6.07, 6.45) is 1.74. The molecule has 1 saturated heterocycles. The van der Waals surface area contributed by atoms with Crippen LogP contribution in [0.1, 0.15) is 12.5 Å². The van der Waals surface area contributed by atoms with Gasteiger partial charge in [-0.3, -0.25) is 4.79 Å². The number of carbonyl (C=O) groups is 1. The number of rotatable bonds is 4. The van der Waals surface area contributed by atoms with E-state index in [-0.39, 0.29) is 11.7 Å². The normalized spacial score (nSPS) is 17.1. The Morgan fingerprint density at radius 1 is 1.32 bits per heavy atom. The van der Waals surface area contributed by atoms with Crippen molar-refractivity contribution >= 4 is 50.5 Å². The van der Waals surface area contributed by atoms with Crippen molar-refractivity contribution in [3.63, 3.8) is 0 Å². The fourth-order valence-corrected chi connectivity index (χ4v) is 3.38. The highest BCUT2D eigenvalue weighted by atomic mass is 79.9. The number of thioether (sulfide) groups is 1. The molecule has 2 aromatic rings. The van der Waals surface area contributed by atoms with E-state index in [9.17, 15) is 9.90 Å². The lowest BCUT2D eigenvalue weighted by Crippen LogP contribution is -2.19. The number of amides is 1. The summed E-state index contributed by atoms with van der Waals surface area (Å²) in [6.45, 7) is 2.29. The van der Waals surface area contributed by atoms with Gasteiger partial charge in [0.2, 0.25) is 0 Å². The molecule has 0 aliphatic carbocycles. The zero-order valence-corrected chi connectivity index (χ0v) is 15.7. The van der Waals surface area contributed by atoms with Gasteiger partial charge in [0, 0.05) is 4.47 Å². The molecule has 0 atom stereocenters. The number of aliphatic imine (C=N–C) groups is 1. The van der Waals surface area contributed by atoms with Crippen molar-refractivity contribution in [3.05, 3.63) is 57.4 Å². The van der Waals surface area contributed by atoms with Crippen molar-refractivity contribution in [2.45, 2.75) is 6.92 Å². The lowest BCUT2D eigenvalue weighted by Gasteiger charge is -2.06. The van der Waals surface area contributed by atoms with E-state index in [4.69, 9.17) is 4.74 Å². The van der Waals surface area contributed by atoms with E-state index in [2.05, 4.69) is 26.2 Å². The second-order valence-electron chi connectivity index (χ2n) is 5.09. The molecule has 1 aliphatic heterocycles. The van der Waals surface area contributed by atoms with E-state index in [1.165, 1.54) is 11.8 Å². The second kappa shape index (κ2) is 7.76. The van der Waals surface area contributed by atoms with E-state index < -0.39 is 0 Å². The average Bonchev–Trinajstić information content (AvgIpc) is 2.92. The molecular formula is C18H15BrN2O3S. The number of aromatic hydroxyl groups is 1. The molecule has 5 nitrogen and oxygen atoms in total. The quantitative estimate of drug-likeness (QED) is 0.719.